The first-order chi connectivity index (χ1) is 10.2. The van der Waals surface area contributed by atoms with Gasteiger partial charge >= 0.3 is 0 Å². The molecule has 5 nitrogen and oxygen atoms in total. The summed E-state index contributed by atoms with van der Waals surface area (Å²) >= 11 is 0. The molecule has 1 unspecified atom stereocenters. The van der Waals surface area contributed by atoms with E-state index in [-0.39, 0.29) is 6.04 Å². The maximum Gasteiger partial charge on any atom is 0.161 e. The Morgan fingerprint density at radius 3 is 2.86 bits per heavy atom. The molecule has 116 valence electrons. The molecule has 1 heterocycles. The Hall–Kier alpha value is -1.56. The highest BCUT2D eigenvalue weighted by molar-refractivity contribution is 5.44. The molecule has 0 saturated heterocycles. The van der Waals surface area contributed by atoms with Gasteiger partial charge in [0.25, 0.3) is 0 Å². The van der Waals surface area contributed by atoms with E-state index < -0.39 is 0 Å². The van der Waals surface area contributed by atoms with Crippen molar-refractivity contribution in [1.82, 2.24) is 5.32 Å². The Kier molecular flexibility index (Phi) is 6.04. The second-order valence-corrected chi connectivity index (χ2v) is 5.16. The van der Waals surface area contributed by atoms with E-state index in [2.05, 4.69) is 11.9 Å². The summed E-state index contributed by atoms with van der Waals surface area (Å²) in [7, 11) is 0. The van der Waals surface area contributed by atoms with Crippen molar-refractivity contribution in [3.63, 3.8) is 0 Å². The molecule has 1 aliphatic heterocycles. The lowest BCUT2D eigenvalue weighted by Gasteiger charge is -2.22. The molecular formula is C16H24N2O3. The summed E-state index contributed by atoms with van der Waals surface area (Å²) in [5.74, 6) is 1.59. The zero-order valence-electron chi connectivity index (χ0n) is 12.6. The lowest BCUT2D eigenvalue weighted by Crippen LogP contribution is -2.31. The minimum absolute atomic E-state index is 0.0780. The van der Waals surface area contributed by atoms with Gasteiger partial charge in [-0.1, -0.05) is 18.2 Å². The molecule has 0 spiro atoms. The van der Waals surface area contributed by atoms with Crippen molar-refractivity contribution in [2.45, 2.75) is 13.0 Å². The van der Waals surface area contributed by atoms with Crippen molar-refractivity contribution in [2.24, 2.45) is 5.73 Å². The molecule has 0 bridgehead atoms. The third-order valence-corrected chi connectivity index (χ3v) is 3.19. The first-order valence-corrected chi connectivity index (χ1v) is 7.26. The van der Waals surface area contributed by atoms with Gasteiger partial charge in [0.2, 0.25) is 0 Å². The van der Waals surface area contributed by atoms with Crippen molar-refractivity contribution in [3.05, 3.63) is 35.9 Å². The predicted octanol–water partition coefficient (Wildman–Crippen LogP) is 1.64. The molecule has 5 heteroatoms. The van der Waals surface area contributed by atoms with Crippen LogP contribution in [-0.2, 0) is 4.74 Å². The summed E-state index contributed by atoms with van der Waals surface area (Å²) in [5, 5.41) is 3.39. The predicted molar refractivity (Wildman–Crippen MR) is 82.9 cm³/mol. The lowest BCUT2D eigenvalue weighted by molar-refractivity contribution is 0.155. The second kappa shape index (κ2) is 8.02. The van der Waals surface area contributed by atoms with Crippen LogP contribution in [0.1, 0.15) is 18.5 Å². The van der Waals surface area contributed by atoms with Crippen LogP contribution in [0, 0.1) is 0 Å². The van der Waals surface area contributed by atoms with Gasteiger partial charge in [-0.15, -0.1) is 0 Å². The van der Waals surface area contributed by atoms with E-state index in [1.807, 2.05) is 25.1 Å². The van der Waals surface area contributed by atoms with E-state index in [1.165, 1.54) is 0 Å². The number of fused-ring (bicyclic) bond motifs is 1. The zero-order valence-corrected chi connectivity index (χ0v) is 12.6. The number of ether oxygens (including phenoxy) is 3. The van der Waals surface area contributed by atoms with Gasteiger partial charge in [-0.3, -0.25) is 0 Å². The van der Waals surface area contributed by atoms with Crippen molar-refractivity contribution >= 4 is 0 Å². The molecule has 21 heavy (non-hydrogen) atoms. The number of hydrogen-bond donors (Lipinski definition) is 2. The fourth-order valence-corrected chi connectivity index (χ4v) is 2.17. The topological polar surface area (TPSA) is 65.7 Å². The van der Waals surface area contributed by atoms with E-state index in [1.54, 1.807) is 0 Å². The first-order valence-electron chi connectivity index (χ1n) is 7.26. The fraction of sp³-hybridized carbons (Fsp3) is 0.500. The summed E-state index contributed by atoms with van der Waals surface area (Å²) in [5.41, 5.74) is 7.98. The molecule has 3 N–H and O–H groups in total. The summed E-state index contributed by atoms with van der Waals surface area (Å²) in [6.07, 6.45) is 0. The van der Waals surface area contributed by atoms with E-state index >= 15 is 0 Å². The molecule has 0 saturated carbocycles. The quantitative estimate of drug-likeness (QED) is 0.563. The Bertz CT molecular complexity index is 477. The highest BCUT2D eigenvalue weighted by Crippen LogP contribution is 2.32. The Morgan fingerprint density at radius 2 is 2.14 bits per heavy atom. The third-order valence-electron chi connectivity index (χ3n) is 3.19. The number of nitrogens with two attached hydrogens (primary N) is 1. The van der Waals surface area contributed by atoms with Gasteiger partial charge in [0.1, 0.15) is 13.2 Å². The summed E-state index contributed by atoms with van der Waals surface area (Å²) < 4.78 is 16.6. The Morgan fingerprint density at radius 1 is 1.38 bits per heavy atom. The highest BCUT2D eigenvalue weighted by atomic mass is 16.6. The normalized spacial score (nSPS) is 14.8. The molecule has 0 aromatic heterocycles. The van der Waals surface area contributed by atoms with E-state index in [9.17, 15) is 0 Å². The van der Waals surface area contributed by atoms with E-state index in [4.69, 9.17) is 19.9 Å². The Balaban J connectivity index is 1.87. The van der Waals surface area contributed by atoms with Crippen molar-refractivity contribution in [1.29, 1.82) is 0 Å². The van der Waals surface area contributed by atoms with Crippen molar-refractivity contribution < 1.29 is 14.2 Å². The number of nitrogens with one attached hydrogen (secondary N) is 1. The minimum atomic E-state index is 0.0780. The SMILES string of the molecule is C=C(C)COCCNC(CN)c1ccc2c(c1)OCCO2. The van der Waals surface area contributed by atoms with Gasteiger partial charge in [-0.05, 0) is 24.6 Å². The molecule has 1 aromatic carbocycles. The number of hydrogen-bond acceptors (Lipinski definition) is 5. The maximum absolute atomic E-state index is 5.85. The highest BCUT2D eigenvalue weighted by Gasteiger charge is 2.15. The lowest BCUT2D eigenvalue weighted by atomic mass is 10.1. The van der Waals surface area contributed by atoms with E-state index in [0.717, 1.165) is 29.2 Å². The Labute approximate surface area is 126 Å². The van der Waals surface area contributed by atoms with Crippen LogP contribution in [0.25, 0.3) is 0 Å². The molecule has 2 rings (SSSR count). The van der Waals surface area contributed by atoms with Crippen molar-refractivity contribution in [3.8, 4) is 11.5 Å². The van der Waals surface area contributed by atoms with Crippen LogP contribution in [0.4, 0.5) is 0 Å². The van der Waals surface area contributed by atoms with Crippen LogP contribution >= 0.6 is 0 Å². The van der Waals surface area contributed by atoms with Gasteiger partial charge in [-0.2, -0.15) is 0 Å². The first kappa shape index (κ1) is 15.8. The van der Waals surface area contributed by atoms with Crippen LogP contribution in [0.3, 0.4) is 0 Å². The second-order valence-electron chi connectivity index (χ2n) is 5.16. The molecule has 0 radical (unpaired) electrons. The van der Waals surface area contributed by atoms with Crippen LogP contribution < -0.4 is 20.5 Å². The van der Waals surface area contributed by atoms with Crippen molar-refractivity contribution in [2.75, 3.05) is 39.5 Å². The van der Waals surface area contributed by atoms with Gasteiger partial charge in [0.05, 0.1) is 13.2 Å². The van der Waals surface area contributed by atoms with Crippen LogP contribution in [0.2, 0.25) is 0 Å². The summed E-state index contributed by atoms with van der Waals surface area (Å²) in [4.78, 5) is 0. The van der Waals surface area contributed by atoms with Gasteiger partial charge in [-0.25, -0.2) is 0 Å². The van der Waals surface area contributed by atoms with Gasteiger partial charge < -0.3 is 25.3 Å². The van der Waals surface area contributed by atoms with E-state index in [0.29, 0.717) is 33.0 Å². The van der Waals surface area contributed by atoms with Gasteiger partial charge in [0, 0.05) is 19.1 Å². The molecule has 1 aliphatic rings. The molecule has 0 amide bonds. The number of benzene rings is 1. The van der Waals surface area contributed by atoms with Crippen LogP contribution in [0.5, 0.6) is 11.5 Å². The summed E-state index contributed by atoms with van der Waals surface area (Å²) in [6.45, 7) is 9.43. The average molecular weight is 292 g/mol. The van der Waals surface area contributed by atoms with Gasteiger partial charge in [0.15, 0.2) is 11.5 Å². The third kappa shape index (κ3) is 4.74. The fourth-order valence-electron chi connectivity index (χ4n) is 2.17. The summed E-state index contributed by atoms with van der Waals surface area (Å²) in [6, 6.07) is 6.03. The largest absolute Gasteiger partial charge is 0.486 e. The minimum Gasteiger partial charge on any atom is -0.486 e. The average Bonchev–Trinajstić information content (AvgIpc) is 2.50. The molecular weight excluding hydrogens is 268 g/mol. The standard InChI is InChI=1S/C16H24N2O3/c1-12(2)11-19-6-5-18-14(10-17)13-3-4-15-16(9-13)21-8-7-20-15/h3-4,9,14,18H,1,5-8,10-11,17H2,2H3. The monoisotopic (exact) mass is 292 g/mol. The molecule has 0 fully saturated rings. The van der Waals surface area contributed by atoms with Crippen LogP contribution in [-0.4, -0.2) is 39.5 Å². The molecule has 1 atom stereocenters. The van der Waals surface area contributed by atoms with Crippen LogP contribution in [0.15, 0.2) is 30.4 Å². The smallest absolute Gasteiger partial charge is 0.161 e. The molecule has 0 aliphatic carbocycles. The number of rotatable bonds is 8. The molecule has 1 aromatic rings. The maximum atomic E-state index is 5.85. The zero-order chi connectivity index (χ0) is 15.1.